The van der Waals surface area contributed by atoms with Crippen LogP contribution in [-0.2, 0) is 9.59 Å². The number of nitrogens with one attached hydrogen (secondary N) is 2. The topological polar surface area (TPSA) is 122 Å². The smallest absolute Gasteiger partial charge is 0.260 e. The summed E-state index contributed by atoms with van der Waals surface area (Å²) in [5.41, 5.74) is 4.52. The molecule has 1 atom stereocenters. The average Bonchev–Trinajstić information content (AvgIpc) is 2.98. The minimum Gasteiger partial charge on any atom is -0.493 e. The van der Waals surface area contributed by atoms with E-state index in [2.05, 4.69) is 15.7 Å². The highest BCUT2D eigenvalue weighted by molar-refractivity contribution is 6.17. The zero-order valence-corrected chi connectivity index (χ0v) is 23.6. The predicted octanol–water partition coefficient (Wildman–Crippen LogP) is 5.30. The first kappa shape index (κ1) is 29.8. The van der Waals surface area contributed by atoms with Crippen molar-refractivity contribution in [2.75, 3.05) is 31.5 Å². The maximum atomic E-state index is 15.1. The second kappa shape index (κ2) is 13.5. The zero-order valence-electron chi connectivity index (χ0n) is 23.6. The summed E-state index contributed by atoms with van der Waals surface area (Å²) in [7, 11) is 3.02. The number of amides is 1. The molecule has 1 aromatic heterocycles. The van der Waals surface area contributed by atoms with Gasteiger partial charge in [-0.25, -0.2) is 4.39 Å². The molecule has 1 heterocycles. The summed E-state index contributed by atoms with van der Waals surface area (Å²) < 4.78 is 31.7. The van der Waals surface area contributed by atoms with Gasteiger partial charge < -0.3 is 24.6 Å². The lowest BCUT2D eigenvalue weighted by atomic mass is 10.1. The summed E-state index contributed by atoms with van der Waals surface area (Å²) in [6.45, 7) is 3.25. The zero-order chi connectivity index (χ0) is 30.2. The molecule has 3 N–H and O–H groups in total. The Bertz CT molecular complexity index is 1610. The molecule has 11 heteroatoms. The number of hydrogen-bond donors (Lipinski definition) is 3. The monoisotopic (exact) mass is 574 g/mol. The van der Waals surface area contributed by atoms with Gasteiger partial charge in [0, 0.05) is 35.1 Å². The van der Waals surface area contributed by atoms with E-state index in [1.807, 2.05) is 18.2 Å². The Morgan fingerprint density at radius 1 is 1.00 bits per heavy atom. The fourth-order valence-electron chi connectivity index (χ4n) is 4.16. The number of carbonyl (C=O) groups excluding carboxylic acids is 2. The summed E-state index contributed by atoms with van der Waals surface area (Å²) in [5, 5.41) is 14.6. The third-order valence-electron chi connectivity index (χ3n) is 6.26. The Hall–Kier alpha value is -5.16. The van der Waals surface area contributed by atoms with Gasteiger partial charge in [-0.2, -0.15) is 0 Å². The SMILES string of the molecule is COc1cc2nccc(Oc3ccc(NC(=O)/C(C=O)=C(\C)N(C[C@H](C)O)Nc4ccccc4)cc3F)c2cc1OC. The minimum atomic E-state index is -0.769. The van der Waals surface area contributed by atoms with E-state index in [1.54, 1.807) is 44.2 Å². The van der Waals surface area contributed by atoms with E-state index in [4.69, 9.17) is 14.2 Å². The number of rotatable bonds is 12. The van der Waals surface area contributed by atoms with Crippen LogP contribution in [0, 0.1) is 5.82 Å². The van der Waals surface area contributed by atoms with Crippen LogP contribution in [0.5, 0.6) is 23.0 Å². The minimum absolute atomic E-state index is 0.0900. The Morgan fingerprint density at radius 3 is 2.36 bits per heavy atom. The summed E-state index contributed by atoms with van der Waals surface area (Å²) in [6, 6.07) is 18.0. The molecule has 0 bridgehead atoms. The van der Waals surface area contributed by atoms with Crippen LogP contribution in [0.25, 0.3) is 10.9 Å². The third kappa shape index (κ3) is 6.94. The maximum Gasteiger partial charge on any atom is 0.260 e. The molecule has 3 aromatic carbocycles. The van der Waals surface area contributed by atoms with Crippen molar-refractivity contribution in [1.29, 1.82) is 0 Å². The number of para-hydroxylation sites is 1. The number of aliphatic hydroxyl groups is 1. The van der Waals surface area contributed by atoms with Gasteiger partial charge in [-0.15, -0.1) is 0 Å². The number of hydrazine groups is 1. The number of anilines is 2. The van der Waals surface area contributed by atoms with Gasteiger partial charge in [0.1, 0.15) is 11.3 Å². The number of hydrogen-bond acceptors (Lipinski definition) is 9. The Morgan fingerprint density at radius 2 is 1.71 bits per heavy atom. The highest BCUT2D eigenvalue weighted by atomic mass is 19.1. The number of allylic oxidation sites excluding steroid dienone is 1. The molecule has 4 rings (SSSR count). The molecule has 0 fully saturated rings. The third-order valence-corrected chi connectivity index (χ3v) is 6.26. The lowest BCUT2D eigenvalue weighted by molar-refractivity contribution is -0.115. The number of benzene rings is 3. The van der Waals surface area contributed by atoms with Gasteiger partial charge in [-0.1, -0.05) is 18.2 Å². The van der Waals surface area contributed by atoms with Crippen molar-refractivity contribution in [3.05, 3.63) is 90.0 Å². The van der Waals surface area contributed by atoms with Crippen molar-refractivity contribution in [3.8, 4) is 23.0 Å². The van der Waals surface area contributed by atoms with Crippen molar-refractivity contribution in [1.82, 2.24) is 9.99 Å². The van der Waals surface area contributed by atoms with Gasteiger partial charge in [0.2, 0.25) is 0 Å². The van der Waals surface area contributed by atoms with Crippen LogP contribution in [0.1, 0.15) is 13.8 Å². The number of aromatic nitrogens is 1. The number of halogens is 1. The molecule has 0 unspecified atom stereocenters. The number of aliphatic hydroxyl groups excluding tert-OH is 1. The van der Waals surface area contributed by atoms with E-state index in [1.165, 1.54) is 37.6 Å². The second-order valence-corrected chi connectivity index (χ2v) is 9.29. The molecule has 0 spiro atoms. The van der Waals surface area contributed by atoms with Crippen molar-refractivity contribution in [2.45, 2.75) is 20.0 Å². The van der Waals surface area contributed by atoms with Crippen molar-refractivity contribution >= 4 is 34.5 Å². The largest absolute Gasteiger partial charge is 0.493 e. The number of ether oxygens (including phenoxy) is 3. The average molecular weight is 575 g/mol. The molecular formula is C31H31FN4O6. The molecule has 1 amide bonds. The standard InChI is InChI=1S/C31H31FN4O6/c1-19(38)17-36(35-21-8-6-5-7-9-21)20(2)24(18-37)31(39)34-22-10-11-28(25(32)14-22)42-27-12-13-33-26-16-30(41-4)29(40-3)15-23(26)27/h5-16,18-19,35,38H,17H2,1-4H3,(H,34,39)/b24-20+/t19-/m0/s1. The van der Waals surface area contributed by atoms with Crippen LogP contribution in [0.4, 0.5) is 15.8 Å². The Balaban J connectivity index is 1.55. The van der Waals surface area contributed by atoms with E-state index in [0.717, 1.165) is 6.07 Å². The Kier molecular flexibility index (Phi) is 9.56. The van der Waals surface area contributed by atoms with Crippen LogP contribution in [0.2, 0.25) is 0 Å². The fraction of sp³-hybridized carbons (Fsp3) is 0.194. The molecule has 4 aromatic rings. The lowest BCUT2D eigenvalue weighted by Crippen LogP contribution is -2.36. The van der Waals surface area contributed by atoms with Gasteiger partial charge in [-0.3, -0.25) is 25.0 Å². The van der Waals surface area contributed by atoms with Gasteiger partial charge >= 0.3 is 0 Å². The first-order valence-electron chi connectivity index (χ1n) is 13.0. The lowest BCUT2D eigenvalue weighted by Gasteiger charge is -2.29. The molecule has 42 heavy (non-hydrogen) atoms. The molecule has 0 radical (unpaired) electrons. The van der Waals surface area contributed by atoms with E-state index >= 15 is 4.39 Å². The van der Waals surface area contributed by atoms with Crippen LogP contribution < -0.4 is 25.0 Å². The molecule has 0 saturated carbocycles. The predicted molar refractivity (Wildman–Crippen MR) is 157 cm³/mol. The second-order valence-electron chi connectivity index (χ2n) is 9.29. The number of nitrogens with zero attached hydrogens (tertiary/aromatic N) is 2. The number of pyridine rings is 1. The van der Waals surface area contributed by atoms with E-state index in [9.17, 15) is 14.7 Å². The number of fused-ring (bicyclic) bond motifs is 1. The summed E-state index contributed by atoms with van der Waals surface area (Å²) in [6.07, 6.45) is 1.17. The molecular weight excluding hydrogens is 543 g/mol. The van der Waals surface area contributed by atoms with Gasteiger partial charge in [0.05, 0.1) is 38.1 Å². The first-order chi connectivity index (χ1) is 20.2. The van der Waals surface area contributed by atoms with E-state index in [0.29, 0.717) is 40.1 Å². The van der Waals surface area contributed by atoms with Crippen molar-refractivity contribution < 1.29 is 33.3 Å². The molecule has 10 nitrogen and oxygen atoms in total. The molecule has 0 aliphatic rings. The van der Waals surface area contributed by atoms with Crippen LogP contribution >= 0.6 is 0 Å². The summed E-state index contributed by atoms with van der Waals surface area (Å²) in [5.74, 6) is -0.294. The van der Waals surface area contributed by atoms with Gasteiger partial charge in [-0.05, 0) is 50.2 Å². The maximum absolute atomic E-state index is 15.1. The quantitative estimate of drug-likeness (QED) is 0.0680. The normalized spacial score (nSPS) is 12.1. The highest BCUT2D eigenvalue weighted by Crippen LogP contribution is 2.37. The van der Waals surface area contributed by atoms with Crippen LogP contribution in [-0.4, -0.2) is 54.2 Å². The fourth-order valence-corrected chi connectivity index (χ4v) is 4.16. The van der Waals surface area contributed by atoms with Crippen molar-refractivity contribution in [2.24, 2.45) is 0 Å². The molecule has 0 aliphatic carbocycles. The van der Waals surface area contributed by atoms with Gasteiger partial charge in [0.25, 0.3) is 5.91 Å². The number of carbonyl (C=O) groups is 2. The number of aldehydes is 1. The molecule has 0 saturated heterocycles. The van der Waals surface area contributed by atoms with Gasteiger partial charge in [0.15, 0.2) is 29.4 Å². The number of methoxy groups -OCH3 is 2. The molecule has 0 aliphatic heterocycles. The van der Waals surface area contributed by atoms with Crippen molar-refractivity contribution in [3.63, 3.8) is 0 Å². The highest BCUT2D eigenvalue weighted by Gasteiger charge is 2.20. The van der Waals surface area contributed by atoms with E-state index < -0.39 is 17.8 Å². The molecule has 218 valence electrons. The Labute approximate surface area is 242 Å². The van der Waals surface area contributed by atoms with Crippen LogP contribution in [0.15, 0.2) is 84.2 Å². The van der Waals surface area contributed by atoms with Crippen LogP contribution in [0.3, 0.4) is 0 Å². The van der Waals surface area contributed by atoms with E-state index in [-0.39, 0.29) is 29.3 Å². The summed E-state index contributed by atoms with van der Waals surface area (Å²) >= 11 is 0. The first-order valence-corrected chi connectivity index (χ1v) is 13.0. The summed E-state index contributed by atoms with van der Waals surface area (Å²) in [4.78, 5) is 29.4.